The first-order valence-corrected chi connectivity index (χ1v) is 12.7. The minimum Gasteiger partial charge on any atom is -0.494 e. The lowest BCUT2D eigenvalue weighted by Gasteiger charge is -2.12. The summed E-state index contributed by atoms with van der Waals surface area (Å²) >= 11 is 5.93. The van der Waals surface area contributed by atoms with Crippen molar-refractivity contribution in [2.24, 2.45) is 0 Å². The second kappa shape index (κ2) is 12.5. The van der Waals surface area contributed by atoms with Crippen LogP contribution in [0.25, 0.3) is 11.0 Å². The first-order chi connectivity index (χ1) is 17.5. The van der Waals surface area contributed by atoms with Gasteiger partial charge in [-0.05, 0) is 80.3 Å². The first-order valence-electron chi connectivity index (χ1n) is 12.3. The Kier molecular flexibility index (Phi) is 8.85. The van der Waals surface area contributed by atoms with Crippen molar-refractivity contribution in [3.05, 3.63) is 88.7 Å². The van der Waals surface area contributed by atoms with E-state index in [9.17, 15) is 4.79 Å². The number of nitrogens with one attached hydrogen (secondary N) is 1. The molecule has 1 heterocycles. The van der Waals surface area contributed by atoms with Gasteiger partial charge < -0.3 is 19.4 Å². The number of hydrogen-bond donors (Lipinski definition) is 1. The molecule has 0 spiro atoms. The van der Waals surface area contributed by atoms with Crippen molar-refractivity contribution in [2.75, 3.05) is 19.8 Å². The number of rotatable bonds is 12. The highest BCUT2D eigenvalue weighted by atomic mass is 35.5. The Bertz CT molecular complexity index is 1300. The molecule has 6 nitrogen and oxygen atoms in total. The summed E-state index contributed by atoms with van der Waals surface area (Å²) in [4.78, 5) is 17.2. The molecule has 1 N–H and O–H groups in total. The van der Waals surface area contributed by atoms with E-state index in [1.165, 1.54) is 0 Å². The summed E-state index contributed by atoms with van der Waals surface area (Å²) in [5, 5.41) is 3.66. The molecule has 0 unspecified atom stereocenters. The lowest BCUT2D eigenvalue weighted by Crippen LogP contribution is -2.31. The van der Waals surface area contributed by atoms with E-state index in [1.54, 1.807) is 0 Å². The highest BCUT2D eigenvalue weighted by Gasteiger charge is 2.11. The molecule has 4 aromatic rings. The molecule has 1 aromatic heterocycles. The smallest absolute Gasteiger partial charge is 0.257 e. The molecule has 0 radical (unpaired) electrons. The number of halogens is 1. The first kappa shape index (κ1) is 25.6. The van der Waals surface area contributed by atoms with Crippen LogP contribution < -0.4 is 14.8 Å². The maximum Gasteiger partial charge on any atom is 0.257 e. The van der Waals surface area contributed by atoms with Gasteiger partial charge in [0, 0.05) is 24.5 Å². The monoisotopic (exact) mass is 505 g/mol. The zero-order valence-corrected chi connectivity index (χ0v) is 21.6. The SMILES string of the molecule is Cc1ccc(C)c(OCC(=O)NCCc2nc3ccccc3n2CCCCOc2ccc(Cl)cc2)c1. The van der Waals surface area contributed by atoms with Crippen LogP contribution in [0.2, 0.25) is 5.02 Å². The predicted octanol–water partition coefficient (Wildman–Crippen LogP) is 5.90. The van der Waals surface area contributed by atoms with Gasteiger partial charge in [0.25, 0.3) is 5.91 Å². The highest BCUT2D eigenvalue weighted by molar-refractivity contribution is 6.30. The fourth-order valence-corrected chi connectivity index (χ4v) is 4.16. The average Bonchev–Trinajstić information content (AvgIpc) is 3.23. The summed E-state index contributed by atoms with van der Waals surface area (Å²) in [5.74, 6) is 2.39. The van der Waals surface area contributed by atoms with E-state index in [0.717, 1.165) is 58.9 Å². The van der Waals surface area contributed by atoms with E-state index >= 15 is 0 Å². The van der Waals surface area contributed by atoms with Gasteiger partial charge >= 0.3 is 0 Å². The number of unbranched alkanes of at least 4 members (excludes halogenated alkanes) is 1. The number of hydrogen-bond acceptors (Lipinski definition) is 4. The van der Waals surface area contributed by atoms with Gasteiger partial charge in [-0.15, -0.1) is 0 Å². The van der Waals surface area contributed by atoms with Crippen molar-refractivity contribution in [1.82, 2.24) is 14.9 Å². The van der Waals surface area contributed by atoms with Crippen LogP contribution in [-0.2, 0) is 17.8 Å². The number of carbonyl (C=O) groups excluding carboxylic acids is 1. The van der Waals surface area contributed by atoms with Gasteiger partial charge in [-0.2, -0.15) is 0 Å². The van der Waals surface area contributed by atoms with Crippen molar-refractivity contribution in [3.8, 4) is 11.5 Å². The van der Waals surface area contributed by atoms with E-state index in [4.69, 9.17) is 26.1 Å². The Hall–Kier alpha value is -3.51. The molecule has 0 aliphatic carbocycles. The predicted molar refractivity (Wildman–Crippen MR) is 144 cm³/mol. The normalized spacial score (nSPS) is 11.0. The molecular formula is C29H32ClN3O3. The quantitative estimate of drug-likeness (QED) is 0.243. The third-order valence-corrected chi connectivity index (χ3v) is 6.22. The number of carbonyl (C=O) groups is 1. The Morgan fingerprint density at radius 2 is 1.81 bits per heavy atom. The molecule has 0 aliphatic rings. The van der Waals surface area contributed by atoms with Crippen LogP contribution in [0, 0.1) is 13.8 Å². The number of amides is 1. The van der Waals surface area contributed by atoms with E-state index in [2.05, 4.69) is 16.0 Å². The van der Waals surface area contributed by atoms with Crippen LogP contribution in [0.15, 0.2) is 66.7 Å². The van der Waals surface area contributed by atoms with Crippen molar-refractivity contribution < 1.29 is 14.3 Å². The highest BCUT2D eigenvalue weighted by Crippen LogP contribution is 2.20. The molecule has 188 valence electrons. The molecule has 0 saturated heterocycles. The largest absolute Gasteiger partial charge is 0.494 e. The molecule has 0 saturated carbocycles. The number of ether oxygens (including phenoxy) is 2. The fraction of sp³-hybridized carbons (Fsp3) is 0.310. The van der Waals surface area contributed by atoms with Crippen molar-refractivity contribution in [1.29, 1.82) is 0 Å². The van der Waals surface area contributed by atoms with Crippen molar-refractivity contribution >= 4 is 28.5 Å². The molecule has 36 heavy (non-hydrogen) atoms. The maximum absolute atomic E-state index is 12.4. The molecule has 0 bridgehead atoms. The number of nitrogens with zero attached hydrogens (tertiary/aromatic N) is 2. The lowest BCUT2D eigenvalue weighted by molar-refractivity contribution is -0.123. The van der Waals surface area contributed by atoms with Gasteiger partial charge in [-0.1, -0.05) is 35.9 Å². The average molecular weight is 506 g/mol. The second-order valence-electron chi connectivity index (χ2n) is 8.84. The molecule has 3 aromatic carbocycles. The van der Waals surface area contributed by atoms with Crippen LogP contribution in [0.3, 0.4) is 0 Å². The van der Waals surface area contributed by atoms with Gasteiger partial charge in [0.15, 0.2) is 6.61 Å². The molecule has 7 heteroatoms. The summed E-state index contributed by atoms with van der Waals surface area (Å²) in [7, 11) is 0. The van der Waals surface area contributed by atoms with Crippen molar-refractivity contribution in [2.45, 2.75) is 39.7 Å². The Morgan fingerprint density at radius 3 is 2.64 bits per heavy atom. The third-order valence-electron chi connectivity index (χ3n) is 5.97. The zero-order valence-electron chi connectivity index (χ0n) is 20.8. The van der Waals surface area contributed by atoms with E-state index in [0.29, 0.717) is 24.6 Å². The number of imidazole rings is 1. The summed E-state index contributed by atoms with van der Waals surface area (Å²) in [6, 6.07) is 21.5. The molecular weight excluding hydrogens is 474 g/mol. The van der Waals surface area contributed by atoms with Gasteiger partial charge in [0.2, 0.25) is 0 Å². The van der Waals surface area contributed by atoms with E-state index in [-0.39, 0.29) is 12.5 Å². The summed E-state index contributed by atoms with van der Waals surface area (Å²) in [5.41, 5.74) is 4.19. The Labute approximate surface area is 217 Å². The van der Waals surface area contributed by atoms with Crippen LogP contribution in [0.4, 0.5) is 0 Å². The number of para-hydroxylation sites is 2. The van der Waals surface area contributed by atoms with Crippen LogP contribution in [0.1, 0.15) is 29.8 Å². The molecule has 0 fully saturated rings. The minimum atomic E-state index is -0.141. The van der Waals surface area contributed by atoms with Gasteiger partial charge in [-0.25, -0.2) is 4.98 Å². The van der Waals surface area contributed by atoms with Gasteiger partial charge in [0.1, 0.15) is 17.3 Å². The van der Waals surface area contributed by atoms with Crippen LogP contribution in [0.5, 0.6) is 11.5 Å². The fourth-order valence-electron chi connectivity index (χ4n) is 4.03. The Morgan fingerprint density at radius 1 is 1.00 bits per heavy atom. The van der Waals surface area contributed by atoms with Gasteiger partial charge in [-0.3, -0.25) is 4.79 Å². The van der Waals surface area contributed by atoms with Crippen LogP contribution in [-0.4, -0.2) is 35.2 Å². The maximum atomic E-state index is 12.4. The summed E-state index contributed by atoms with van der Waals surface area (Å²) in [6.07, 6.45) is 2.52. The topological polar surface area (TPSA) is 65.4 Å². The minimum absolute atomic E-state index is 0.00563. The molecule has 0 aliphatic heterocycles. The van der Waals surface area contributed by atoms with Crippen molar-refractivity contribution in [3.63, 3.8) is 0 Å². The standard InChI is InChI=1S/C29H32ClN3O3/c1-21-9-10-22(2)27(19-21)36-20-29(34)31-16-15-28-32-25-7-3-4-8-26(25)33(28)17-5-6-18-35-24-13-11-23(30)12-14-24/h3-4,7-14,19H,5-6,15-18,20H2,1-2H3,(H,31,34). The third kappa shape index (κ3) is 7.01. The number of aryl methyl sites for hydroxylation is 3. The molecule has 4 rings (SSSR count). The number of aromatic nitrogens is 2. The summed E-state index contributed by atoms with van der Waals surface area (Å²) in [6.45, 7) is 5.95. The Balaban J connectivity index is 1.27. The van der Waals surface area contributed by atoms with E-state index < -0.39 is 0 Å². The second-order valence-corrected chi connectivity index (χ2v) is 9.27. The molecule has 0 atom stereocenters. The number of benzene rings is 3. The van der Waals surface area contributed by atoms with Crippen LogP contribution >= 0.6 is 11.6 Å². The lowest BCUT2D eigenvalue weighted by atomic mass is 10.1. The zero-order chi connectivity index (χ0) is 25.3. The molecule has 1 amide bonds. The van der Waals surface area contributed by atoms with Gasteiger partial charge in [0.05, 0.1) is 17.6 Å². The number of fused-ring (bicyclic) bond motifs is 1. The van der Waals surface area contributed by atoms with E-state index in [1.807, 2.05) is 74.5 Å². The summed E-state index contributed by atoms with van der Waals surface area (Å²) < 4.78 is 13.8.